The predicted molar refractivity (Wildman–Crippen MR) is 73.3 cm³/mol. The standard InChI is InChI=1S/C14H27N3/c1-5-7-15-9-12(3)13(4)14-10-16-17(11-14)8-6-2/h10-13,15H,5-9H2,1-4H3. The number of rotatable bonds is 8. The molecule has 0 saturated carbocycles. The minimum absolute atomic E-state index is 0.574. The van der Waals surface area contributed by atoms with E-state index < -0.39 is 0 Å². The summed E-state index contributed by atoms with van der Waals surface area (Å²) in [5.74, 6) is 1.23. The Morgan fingerprint density at radius 2 is 2.06 bits per heavy atom. The summed E-state index contributed by atoms with van der Waals surface area (Å²) in [7, 11) is 0. The van der Waals surface area contributed by atoms with Crippen molar-refractivity contribution in [2.24, 2.45) is 5.92 Å². The second kappa shape index (κ2) is 7.49. The van der Waals surface area contributed by atoms with Crippen LogP contribution in [0.1, 0.15) is 52.0 Å². The summed E-state index contributed by atoms with van der Waals surface area (Å²) in [5.41, 5.74) is 1.37. The number of nitrogens with zero attached hydrogens (tertiary/aromatic N) is 2. The molecular weight excluding hydrogens is 210 g/mol. The van der Waals surface area contributed by atoms with Gasteiger partial charge in [0.15, 0.2) is 0 Å². The summed E-state index contributed by atoms with van der Waals surface area (Å²) < 4.78 is 2.05. The van der Waals surface area contributed by atoms with Crippen LogP contribution in [0.25, 0.3) is 0 Å². The van der Waals surface area contributed by atoms with Crippen LogP contribution < -0.4 is 5.32 Å². The number of nitrogens with one attached hydrogen (secondary N) is 1. The van der Waals surface area contributed by atoms with Crippen molar-refractivity contribution >= 4 is 0 Å². The van der Waals surface area contributed by atoms with Crippen molar-refractivity contribution in [2.45, 2.75) is 53.0 Å². The Kier molecular flexibility index (Phi) is 6.27. The van der Waals surface area contributed by atoms with Gasteiger partial charge in [0.25, 0.3) is 0 Å². The highest BCUT2D eigenvalue weighted by Gasteiger charge is 2.15. The highest BCUT2D eigenvalue weighted by atomic mass is 15.3. The van der Waals surface area contributed by atoms with Gasteiger partial charge in [0.1, 0.15) is 0 Å². The molecule has 0 saturated heterocycles. The fraction of sp³-hybridized carbons (Fsp3) is 0.786. The highest BCUT2D eigenvalue weighted by Crippen LogP contribution is 2.23. The molecule has 0 spiro atoms. The van der Waals surface area contributed by atoms with Crippen molar-refractivity contribution in [1.82, 2.24) is 15.1 Å². The van der Waals surface area contributed by atoms with Crippen molar-refractivity contribution in [3.63, 3.8) is 0 Å². The Morgan fingerprint density at radius 1 is 1.29 bits per heavy atom. The third kappa shape index (κ3) is 4.50. The van der Waals surface area contributed by atoms with Gasteiger partial charge in [-0.25, -0.2) is 0 Å². The Morgan fingerprint density at radius 3 is 2.71 bits per heavy atom. The van der Waals surface area contributed by atoms with Crippen molar-refractivity contribution < 1.29 is 0 Å². The van der Waals surface area contributed by atoms with Gasteiger partial charge in [-0.15, -0.1) is 0 Å². The molecule has 1 rings (SSSR count). The molecule has 0 fully saturated rings. The van der Waals surface area contributed by atoms with Crippen molar-refractivity contribution in [3.05, 3.63) is 18.0 Å². The molecule has 0 bridgehead atoms. The molecular formula is C14H27N3. The summed E-state index contributed by atoms with van der Waals surface area (Å²) in [6.07, 6.45) is 6.57. The molecule has 1 aromatic heterocycles. The molecule has 1 aromatic rings. The molecule has 3 heteroatoms. The summed E-state index contributed by atoms with van der Waals surface area (Å²) in [5, 5.41) is 7.89. The topological polar surface area (TPSA) is 29.9 Å². The van der Waals surface area contributed by atoms with Crippen molar-refractivity contribution in [1.29, 1.82) is 0 Å². The molecule has 1 heterocycles. The summed E-state index contributed by atoms with van der Waals surface area (Å²) in [6.45, 7) is 12.2. The van der Waals surface area contributed by atoms with Crippen LogP contribution in [-0.4, -0.2) is 22.9 Å². The van der Waals surface area contributed by atoms with E-state index in [9.17, 15) is 0 Å². The van der Waals surface area contributed by atoms with Crippen molar-refractivity contribution in [2.75, 3.05) is 13.1 Å². The van der Waals surface area contributed by atoms with Crippen LogP contribution in [0.5, 0.6) is 0 Å². The minimum atomic E-state index is 0.574. The van der Waals surface area contributed by atoms with Gasteiger partial charge in [0.05, 0.1) is 6.20 Å². The average Bonchev–Trinajstić information content (AvgIpc) is 2.77. The smallest absolute Gasteiger partial charge is 0.0524 e. The number of aromatic nitrogens is 2. The van der Waals surface area contributed by atoms with Crippen LogP contribution in [0.3, 0.4) is 0 Å². The van der Waals surface area contributed by atoms with Crippen LogP contribution in [0, 0.1) is 5.92 Å². The van der Waals surface area contributed by atoms with Crippen LogP contribution in [0.2, 0.25) is 0 Å². The molecule has 0 aromatic carbocycles. The highest BCUT2D eigenvalue weighted by molar-refractivity contribution is 5.11. The zero-order chi connectivity index (χ0) is 12.7. The molecule has 0 aliphatic heterocycles. The number of hydrogen-bond donors (Lipinski definition) is 1. The van der Waals surface area contributed by atoms with E-state index in [0.717, 1.165) is 26.1 Å². The maximum atomic E-state index is 4.40. The Hall–Kier alpha value is -0.830. The predicted octanol–water partition coefficient (Wildman–Crippen LogP) is 3.03. The summed E-state index contributed by atoms with van der Waals surface area (Å²) >= 11 is 0. The van der Waals surface area contributed by atoms with Crippen LogP contribution in [-0.2, 0) is 6.54 Å². The molecule has 0 aliphatic rings. The molecule has 0 radical (unpaired) electrons. The fourth-order valence-corrected chi connectivity index (χ4v) is 1.98. The van der Waals surface area contributed by atoms with Crippen LogP contribution >= 0.6 is 0 Å². The van der Waals surface area contributed by atoms with Gasteiger partial charge >= 0.3 is 0 Å². The Bertz CT molecular complexity index is 306. The van der Waals surface area contributed by atoms with Gasteiger partial charge in [-0.2, -0.15) is 5.10 Å². The van der Waals surface area contributed by atoms with E-state index in [1.54, 1.807) is 0 Å². The van der Waals surface area contributed by atoms with Gasteiger partial charge in [-0.1, -0.05) is 27.7 Å². The molecule has 0 amide bonds. The third-order valence-electron chi connectivity index (χ3n) is 3.38. The normalized spacial score (nSPS) is 14.8. The lowest BCUT2D eigenvalue weighted by atomic mass is 9.91. The molecule has 17 heavy (non-hydrogen) atoms. The molecule has 2 unspecified atom stereocenters. The first kappa shape index (κ1) is 14.2. The molecule has 2 atom stereocenters. The molecule has 1 N–H and O–H groups in total. The molecule has 3 nitrogen and oxygen atoms in total. The maximum absolute atomic E-state index is 4.40. The van der Waals surface area contributed by atoms with E-state index in [4.69, 9.17) is 0 Å². The second-order valence-electron chi connectivity index (χ2n) is 5.01. The second-order valence-corrected chi connectivity index (χ2v) is 5.01. The Balaban J connectivity index is 2.46. The Labute approximate surface area is 106 Å². The first-order valence-electron chi connectivity index (χ1n) is 6.92. The lowest BCUT2D eigenvalue weighted by molar-refractivity contribution is 0.447. The first-order chi connectivity index (χ1) is 8.19. The summed E-state index contributed by atoms with van der Waals surface area (Å²) in [4.78, 5) is 0. The van der Waals surface area contributed by atoms with Crippen LogP contribution in [0.4, 0.5) is 0 Å². The average molecular weight is 237 g/mol. The largest absolute Gasteiger partial charge is 0.316 e. The van der Waals surface area contributed by atoms with E-state index in [0.29, 0.717) is 11.8 Å². The van der Waals surface area contributed by atoms with Gasteiger partial charge < -0.3 is 5.32 Å². The van der Waals surface area contributed by atoms with Crippen LogP contribution in [0.15, 0.2) is 12.4 Å². The fourth-order valence-electron chi connectivity index (χ4n) is 1.98. The lowest BCUT2D eigenvalue weighted by Gasteiger charge is -2.19. The van der Waals surface area contributed by atoms with E-state index in [-0.39, 0.29) is 0 Å². The summed E-state index contributed by atoms with van der Waals surface area (Å²) in [6, 6.07) is 0. The van der Waals surface area contributed by atoms with E-state index >= 15 is 0 Å². The first-order valence-corrected chi connectivity index (χ1v) is 6.92. The SMILES string of the molecule is CCCNCC(C)C(C)c1cnn(CCC)c1. The minimum Gasteiger partial charge on any atom is -0.316 e. The maximum Gasteiger partial charge on any atom is 0.0524 e. The van der Waals surface area contributed by atoms with Gasteiger partial charge in [0, 0.05) is 12.7 Å². The number of hydrogen-bond acceptors (Lipinski definition) is 2. The van der Waals surface area contributed by atoms with E-state index in [1.165, 1.54) is 12.0 Å². The zero-order valence-electron chi connectivity index (χ0n) is 11.7. The van der Waals surface area contributed by atoms with Gasteiger partial charge in [-0.05, 0) is 43.3 Å². The van der Waals surface area contributed by atoms with Gasteiger partial charge in [0.2, 0.25) is 0 Å². The monoisotopic (exact) mass is 237 g/mol. The molecule has 98 valence electrons. The van der Waals surface area contributed by atoms with Gasteiger partial charge in [-0.3, -0.25) is 4.68 Å². The van der Waals surface area contributed by atoms with Crippen molar-refractivity contribution in [3.8, 4) is 0 Å². The molecule has 0 aliphatic carbocycles. The van der Waals surface area contributed by atoms with E-state index in [1.807, 2.05) is 6.20 Å². The zero-order valence-corrected chi connectivity index (χ0v) is 11.7. The third-order valence-corrected chi connectivity index (χ3v) is 3.38. The quantitative estimate of drug-likeness (QED) is 0.704. The lowest BCUT2D eigenvalue weighted by Crippen LogP contribution is -2.24. The van der Waals surface area contributed by atoms with E-state index in [2.05, 4.69) is 49.0 Å². The number of aryl methyl sites for hydroxylation is 1.